The number of hydrogen-bond donors (Lipinski definition) is 1. The summed E-state index contributed by atoms with van der Waals surface area (Å²) in [5, 5.41) is 0. The molecular formula is C14H15BrN2. The van der Waals surface area contributed by atoms with Crippen LogP contribution in [0.3, 0.4) is 0 Å². The molecule has 2 N–H and O–H groups in total. The summed E-state index contributed by atoms with van der Waals surface area (Å²) in [6.45, 7) is 0.636. The third-order valence-electron chi connectivity index (χ3n) is 2.83. The molecule has 2 nitrogen and oxygen atoms in total. The molecule has 0 fully saturated rings. The number of nitrogens with two attached hydrogens (primary N) is 1. The Morgan fingerprint density at radius 1 is 1.18 bits per heavy atom. The number of halogens is 1. The molecule has 0 radical (unpaired) electrons. The summed E-state index contributed by atoms with van der Waals surface area (Å²) in [5.41, 5.74) is 8.36. The van der Waals surface area contributed by atoms with Gasteiger partial charge in [-0.05, 0) is 36.2 Å². The van der Waals surface area contributed by atoms with Gasteiger partial charge in [-0.1, -0.05) is 40.2 Å². The molecule has 2 aromatic rings. The van der Waals surface area contributed by atoms with Gasteiger partial charge >= 0.3 is 0 Å². The van der Waals surface area contributed by atoms with Gasteiger partial charge in [0, 0.05) is 22.8 Å². The number of aromatic nitrogens is 1. The van der Waals surface area contributed by atoms with E-state index >= 15 is 0 Å². The van der Waals surface area contributed by atoms with E-state index in [1.54, 1.807) is 6.20 Å². The van der Waals surface area contributed by atoms with Crippen LogP contribution in [0.15, 0.2) is 53.3 Å². The van der Waals surface area contributed by atoms with Gasteiger partial charge in [-0.3, -0.25) is 4.98 Å². The Hall–Kier alpha value is -1.19. The second-order valence-electron chi connectivity index (χ2n) is 4.02. The van der Waals surface area contributed by atoms with Crippen LogP contribution in [0.2, 0.25) is 0 Å². The Kier molecular flexibility index (Phi) is 4.29. The minimum Gasteiger partial charge on any atom is -0.330 e. The molecule has 0 saturated carbocycles. The Morgan fingerprint density at radius 2 is 2.00 bits per heavy atom. The highest BCUT2D eigenvalue weighted by atomic mass is 79.9. The van der Waals surface area contributed by atoms with Crippen molar-refractivity contribution >= 4 is 15.9 Å². The van der Waals surface area contributed by atoms with Crippen molar-refractivity contribution in [2.45, 2.75) is 12.3 Å². The van der Waals surface area contributed by atoms with Gasteiger partial charge in [0.15, 0.2) is 0 Å². The van der Waals surface area contributed by atoms with Crippen LogP contribution in [0.25, 0.3) is 0 Å². The van der Waals surface area contributed by atoms with Crippen LogP contribution >= 0.6 is 15.9 Å². The van der Waals surface area contributed by atoms with Crippen LogP contribution in [-0.4, -0.2) is 11.5 Å². The van der Waals surface area contributed by atoms with E-state index in [1.165, 1.54) is 11.1 Å². The molecule has 1 atom stereocenters. The fourth-order valence-electron chi connectivity index (χ4n) is 1.93. The smallest absolute Gasteiger partial charge is 0.0300 e. The molecule has 0 aliphatic rings. The molecule has 0 amide bonds. The fourth-order valence-corrected chi connectivity index (χ4v) is 2.54. The van der Waals surface area contributed by atoms with Gasteiger partial charge < -0.3 is 5.73 Å². The number of rotatable bonds is 4. The molecule has 0 aliphatic heterocycles. The summed E-state index contributed by atoms with van der Waals surface area (Å²) in [5.74, 6) is 0.328. The minimum absolute atomic E-state index is 0.328. The van der Waals surface area contributed by atoms with Gasteiger partial charge in [-0.25, -0.2) is 0 Å². The molecule has 0 saturated heterocycles. The van der Waals surface area contributed by atoms with Crippen molar-refractivity contribution in [1.29, 1.82) is 0 Å². The van der Waals surface area contributed by atoms with Crippen LogP contribution < -0.4 is 5.73 Å². The predicted molar refractivity (Wildman–Crippen MR) is 73.9 cm³/mol. The number of pyridine rings is 1. The lowest BCUT2D eigenvalue weighted by atomic mass is 9.93. The summed E-state index contributed by atoms with van der Waals surface area (Å²) in [6, 6.07) is 12.3. The average Bonchev–Trinajstić information content (AvgIpc) is 2.38. The standard InChI is InChI=1S/C14H15BrN2/c15-14-6-2-1-5-13(14)12(9-16)8-11-4-3-7-17-10-11/h1-7,10,12H,8-9,16H2. The number of nitrogens with zero attached hydrogens (tertiary/aromatic N) is 1. The summed E-state index contributed by atoms with van der Waals surface area (Å²) in [6.07, 6.45) is 4.62. The maximum Gasteiger partial charge on any atom is 0.0300 e. The van der Waals surface area contributed by atoms with Crippen molar-refractivity contribution in [3.8, 4) is 0 Å². The first-order valence-corrected chi connectivity index (χ1v) is 6.44. The largest absolute Gasteiger partial charge is 0.330 e. The lowest BCUT2D eigenvalue weighted by Crippen LogP contribution is -2.15. The predicted octanol–water partition coefficient (Wildman–Crippen LogP) is 3.13. The molecule has 3 heteroatoms. The van der Waals surface area contributed by atoms with Crippen molar-refractivity contribution < 1.29 is 0 Å². The second kappa shape index (κ2) is 5.94. The average molecular weight is 291 g/mol. The highest BCUT2D eigenvalue weighted by Gasteiger charge is 2.13. The Bertz CT molecular complexity index is 471. The highest BCUT2D eigenvalue weighted by Crippen LogP contribution is 2.26. The molecule has 0 spiro atoms. The van der Waals surface area contributed by atoms with Gasteiger partial charge in [-0.2, -0.15) is 0 Å². The maximum absolute atomic E-state index is 5.88. The third-order valence-corrected chi connectivity index (χ3v) is 3.56. The van der Waals surface area contributed by atoms with E-state index in [0.29, 0.717) is 12.5 Å². The van der Waals surface area contributed by atoms with Gasteiger partial charge in [0.25, 0.3) is 0 Å². The SMILES string of the molecule is NCC(Cc1cccnc1)c1ccccc1Br. The first kappa shape index (κ1) is 12.3. The molecule has 1 aromatic heterocycles. The van der Waals surface area contributed by atoms with Crippen LogP contribution in [0.5, 0.6) is 0 Å². The van der Waals surface area contributed by atoms with Crippen molar-refractivity contribution in [3.05, 3.63) is 64.4 Å². The van der Waals surface area contributed by atoms with E-state index in [9.17, 15) is 0 Å². The first-order chi connectivity index (χ1) is 8.31. The topological polar surface area (TPSA) is 38.9 Å². The van der Waals surface area contributed by atoms with Gasteiger partial charge in [0.2, 0.25) is 0 Å². The van der Waals surface area contributed by atoms with Crippen LogP contribution in [0.4, 0.5) is 0 Å². The van der Waals surface area contributed by atoms with E-state index in [-0.39, 0.29) is 0 Å². The Balaban J connectivity index is 2.21. The van der Waals surface area contributed by atoms with E-state index < -0.39 is 0 Å². The van der Waals surface area contributed by atoms with Crippen LogP contribution in [0.1, 0.15) is 17.0 Å². The molecule has 2 rings (SSSR count). The first-order valence-electron chi connectivity index (χ1n) is 5.64. The number of hydrogen-bond acceptors (Lipinski definition) is 2. The zero-order valence-electron chi connectivity index (χ0n) is 9.51. The molecule has 0 bridgehead atoms. The van der Waals surface area contributed by atoms with Crippen molar-refractivity contribution in [2.24, 2.45) is 5.73 Å². The quantitative estimate of drug-likeness (QED) is 0.940. The van der Waals surface area contributed by atoms with E-state index in [4.69, 9.17) is 5.73 Å². The minimum atomic E-state index is 0.328. The monoisotopic (exact) mass is 290 g/mol. The normalized spacial score (nSPS) is 12.4. The molecule has 1 aromatic carbocycles. The van der Waals surface area contributed by atoms with E-state index in [1.807, 2.05) is 24.4 Å². The maximum atomic E-state index is 5.88. The van der Waals surface area contributed by atoms with Crippen molar-refractivity contribution in [1.82, 2.24) is 4.98 Å². The zero-order valence-corrected chi connectivity index (χ0v) is 11.1. The molecular weight excluding hydrogens is 276 g/mol. The van der Waals surface area contributed by atoms with Crippen molar-refractivity contribution in [2.75, 3.05) is 6.54 Å². The molecule has 17 heavy (non-hydrogen) atoms. The van der Waals surface area contributed by atoms with Crippen LogP contribution in [-0.2, 0) is 6.42 Å². The second-order valence-corrected chi connectivity index (χ2v) is 4.87. The van der Waals surface area contributed by atoms with Gasteiger partial charge in [0.1, 0.15) is 0 Å². The summed E-state index contributed by atoms with van der Waals surface area (Å²) < 4.78 is 1.12. The fraction of sp³-hybridized carbons (Fsp3) is 0.214. The van der Waals surface area contributed by atoms with Gasteiger partial charge in [-0.15, -0.1) is 0 Å². The van der Waals surface area contributed by atoms with Crippen LogP contribution in [0, 0.1) is 0 Å². The lowest BCUT2D eigenvalue weighted by Gasteiger charge is -2.16. The van der Waals surface area contributed by atoms with E-state index in [0.717, 1.165) is 10.9 Å². The molecule has 0 aliphatic carbocycles. The molecule has 1 unspecified atom stereocenters. The molecule has 88 valence electrons. The zero-order chi connectivity index (χ0) is 12.1. The number of benzene rings is 1. The molecule has 1 heterocycles. The Morgan fingerprint density at radius 3 is 2.65 bits per heavy atom. The van der Waals surface area contributed by atoms with E-state index in [2.05, 4.69) is 39.1 Å². The van der Waals surface area contributed by atoms with Gasteiger partial charge in [0.05, 0.1) is 0 Å². The summed E-state index contributed by atoms with van der Waals surface area (Å²) in [7, 11) is 0. The van der Waals surface area contributed by atoms with Crippen molar-refractivity contribution in [3.63, 3.8) is 0 Å². The summed E-state index contributed by atoms with van der Waals surface area (Å²) in [4.78, 5) is 4.14. The third kappa shape index (κ3) is 3.14. The highest BCUT2D eigenvalue weighted by molar-refractivity contribution is 9.10. The summed E-state index contributed by atoms with van der Waals surface area (Å²) >= 11 is 3.58. The Labute approximate surface area is 110 Å². The lowest BCUT2D eigenvalue weighted by molar-refractivity contribution is 0.689.